The van der Waals surface area contributed by atoms with E-state index in [2.05, 4.69) is 143 Å². The number of hydrogen-bond donors (Lipinski definition) is 1. The molecule has 1 nitrogen and oxygen atoms in total. The van der Waals surface area contributed by atoms with Crippen LogP contribution in [-0.4, -0.2) is 0 Å². The molecule has 0 atom stereocenters. The minimum Gasteiger partial charge on any atom is -0.355 e. The van der Waals surface area contributed by atoms with Gasteiger partial charge in [-0.2, -0.15) is 0 Å². The molecule has 0 aliphatic carbocycles. The molecule has 0 aromatic heterocycles. The van der Waals surface area contributed by atoms with Crippen LogP contribution in [-0.2, 0) is 0 Å². The molecule has 30 heavy (non-hydrogen) atoms. The van der Waals surface area contributed by atoms with Gasteiger partial charge < -0.3 is 5.32 Å². The Hall–Kier alpha value is -3.11. The average Bonchev–Trinajstić information content (AvgIpc) is 2.80. The fourth-order valence-corrected chi connectivity index (χ4v) is 4.15. The van der Waals surface area contributed by atoms with Crippen molar-refractivity contribution in [1.82, 2.24) is 0 Å². The number of benzene rings is 5. The molecular weight excluding hydrogens is 477 g/mol. The number of anilines is 2. The van der Waals surface area contributed by atoms with Crippen molar-refractivity contribution in [3.63, 3.8) is 0 Å². The number of hydrogen-bond acceptors (Lipinski definition) is 1. The van der Waals surface area contributed by atoms with Crippen LogP contribution in [0.15, 0.2) is 115 Å². The molecule has 5 aromatic carbocycles. The second-order valence-corrected chi connectivity index (χ2v) is 8.57. The number of halogens is 1. The Labute approximate surface area is 190 Å². The van der Waals surface area contributed by atoms with E-state index in [1.54, 1.807) is 0 Å². The number of fused-ring (bicyclic) bond motifs is 1. The molecule has 0 aliphatic rings. The van der Waals surface area contributed by atoms with Crippen LogP contribution < -0.4 is 5.32 Å². The van der Waals surface area contributed by atoms with Gasteiger partial charge in [-0.05, 0) is 92.0 Å². The molecular formula is C28H20IN. The summed E-state index contributed by atoms with van der Waals surface area (Å²) in [7, 11) is 0. The predicted octanol–water partition coefficient (Wildman–Crippen LogP) is 8.52. The van der Waals surface area contributed by atoms with E-state index in [1.807, 2.05) is 0 Å². The van der Waals surface area contributed by atoms with Crippen LogP contribution in [0.4, 0.5) is 11.4 Å². The minimum atomic E-state index is 1.08. The van der Waals surface area contributed by atoms with Crippen LogP contribution in [0.25, 0.3) is 33.0 Å². The van der Waals surface area contributed by atoms with Crippen molar-refractivity contribution < 1.29 is 0 Å². The Balaban J connectivity index is 1.49. The molecule has 0 fully saturated rings. The summed E-state index contributed by atoms with van der Waals surface area (Å²) in [6.45, 7) is 0. The number of nitrogens with one attached hydrogen (secondary N) is 1. The van der Waals surface area contributed by atoms with Gasteiger partial charge in [0.05, 0.1) is 0 Å². The standard InChI is InChI=1S/C28H20IN/c29-24-14-10-20(11-15-24)21-12-16-25(17-13-21)30-26-18-23-8-4-5-9-27(23)28(19-26)22-6-2-1-3-7-22/h1-19,30H. The van der Waals surface area contributed by atoms with Crippen molar-refractivity contribution in [1.29, 1.82) is 0 Å². The Kier molecular flexibility index (Phi) is 5.24. The van der Waals surface area contributed by atoms with E-state index in [9.17, 15) is 0 Å². The first-order chi connectivity index (χ1) is 14.8. The summed E-state index contributed by atoms with van der Waals surface area (Å²) in [6, 6.07) is 40.8. The average molecular weight is 497 g/mol. The molecule has 0 radical (unpaired) electrons. The van der Waals surface area contributed by atoms with Crippen molar-refractivity contribution in [3.05, 3.63) is 119 Å². The lowest BCUT2D eigenvalue weighted by atomic mass is 9.97. The van der Waals surface area contributed by atoms with Crippen molar-refractivity contribution in [2.24, 2.45) is 0 Å². The maximum atomic E-state index is 3.59. The minimum absolute atomic E-state index is 1.08. The van der Waals surface area contributed by atoms with Gasteiger partial charge in [0.2, 0.25) is 0 Å². The van der Waals surface area contributed by atoms with E-state index < -0.39 is 0 Å². The fourth-order valence-electron chi connectivity index (χ4n) is 3.79. The molecule has 0 aliphatic heterocycles. The zero-order chi connectivity index (χ0) is 20.3. The molecule has 0 heterocycles. The Morgan fingerprint density at radius 1 is 0.500 bits per heavy atom. The van der Waals surface area contributed by atoms with E-state index in [1.165, 1.54) is 36.6 Å². The van der Waals surface area contributed by atoms with Crippen LogP contribution in [0.1, 0.15) is 0 Å². The Morgan fingerprint density at radius 2 is 1.13 bits per heavy atom. The van der Waals surface area contributed by atoms with E-state index in [0.29, 0.717) is 0 Å². The monoisotopic (exact) mass is 497 g/mol. The van der Waals surface area contributed by atoms with Gasteiger partial charge in [0.15, 0.2) is 0 Å². The van der Waals surface area contributed by atoms with Crippen LogP contribution in [0.2, 0.25) is 0 Å². The highest BCUT2D eigenvalue weighted by Crippen LogP contribution is 2.33. The molecule has 0 saturated heterocycles. The summed E-state index contributed by atoms with van der Waals surface area (Å²) in [5.74, 6) is 0. The van der Waals surface area contributed by atoms with Crippen LogP contribution in [0.5, 0.6) is 0 Å². The lowest BCUT2D eigenvalue weighted by Gasteiger charge is -2.13. The van der Waals surface area contributed by atoms with E-state index in [0.717, 1.165) is 11.4 Å². The largest absolute Gasteiger partial charge is 0.355 e. The summed E-state index contributed by atoms with van der Waals surface area (Å²) < 4.78 is 1.25. The first kappa shape index (κ1) is 18.9. The quantitative estimate of drug-likeness (QED) is 0.246. The van der Waals surface area contributed by atoms with Crippen LogP contribution in [0.3, 0.4) is 0 Å². The van der Waals surface area contributed by atoms with E-state index in [4.69, 9.17) is 0 Å². The lowest BCUT2D eigenvalue weighted by Crippen LogP contribution is -1.92. The first-order valence-electron chi connectivity index (χ1n) is 9.97. The third-order valence-electron chi connectivity index (χ3n) is 5.30. The topological polar surface area (TPSA) is 12.0 Å². The molecule has 0 unspecified atom stereocenters. The van der Waals surface area contributed by atoms with Gasteiger partial charge in [0, 0.05) is 14.9 Å². The van der Waals surface area contributed by atoms with Crippen LogP contribution in [0, 0.1) is 3.57 Å². The SMILES string of the molecule is Ic1ccc(-c2ccc(Nc3cc(-c4ccccc4)c4ccccc4c3)cc2)cc1. The second kappa shape index (κ2) is 8.33. The highest BCUT2D eigenvalue weighted by Gasteiger charge is 2.07. The summed E-state index contributed by atoms with van der Waals surface area (Å²) in [6.07, 6.45) is 0. The maximum Gasteiger partial charge on any atom is 0.0396 e. The third kappa shape index (κ3) is 3.96. The summed E-state index contributed by atoms with van der Waals surface area (Å²) in [5, 5.41) is 6.09. The van der Waals surface area contributed by atoms with Crippen molar-refractivity contribution >= 4 is 44.7 Å². The van der Waals surface area contributed by atoms with Gasteiger partial charge in [-0.3, -0.25) is 0 Å². The van der Waals surface area contributed by atoms with Crippen molar-refractivity contribution in [2.75, 3.05) is 5.32 Å². The highest BCUT2D eigenvalue weighted by molar-refractivity contribution is 14.1. The molecule has 0 amide bonds. The molecule has 2 heteroatoms. The van der Waals surface area contributed by atoms with Gasteiger partial charge in [0.25, 0.3) is 0 Å². The third-order valence-corrected chi connectivity index (χ3v) is 6.02. The second-order valence-electron chi connectivity index (χ2n) is 7.32. The molecule has 0 spiro atoms. The van der Waals surface area contributed by atoms with Crippen molar-refractivity contribution in [2.45, 2.75) is 0 Å². The summed E-state index contributed by atoms with van der Waals surface area (Å²) >= 11 is 2.34. The van der Waals surface area contributed by atoms with Gasteiger partial charge in [-0.15, -0.1) is 0 Å². The zero-order valence-electron chi connectivity index (χ0n) is 16.3. The lowest BCUT2D eigenvalue weighted by molar-refractivity contribution is 1.54. The molecule has 0 saturated carbocycles. The van der Waals surface area contributed by atoms with E-state index >= 15 is 0 Å². The zero-order valence-corrected chi connectivity index (χ0v) is 18.5. The molecule has 0 bridgehead atoms. The molecule has 5 rings (SSSR count). The van der Waals surface area contributed by atoms with E-state index in [-0.39, 0.29) is 0 Å². The van der Waals surface area contributed by atoms with Gasteiger partial charge in [0.1, 0.15) is 0 Å². The Morgan fingerprint density at radius 3 is 1.87 bits per heavy atom. The molecule has 144 valence electrons. The van der Waals surface area contributed by atoms with Gasteiger partial charge in [-0.25, -0.2) is 0 Å². The molecule has 5 aromatic rings. The van der Waals surface area contributed by atoms with Crippen LogP contribution >= 0.6 is 22.6 Å². The molecule has 1 N–H and O–H groups in total. The van der Waals surface area contributed by atoms with Crippen molar-refractivity contribution in [3.8, 4) is 22.3 Å². The number of rotatable bonds is 4. The van der Waals surface area contributed by atoms with Gasteiger partial charge >= 0.3 is 0 Å². The normalized spacial score (nSPS) is 10.8. The van der Waals surface area contributed by atoms with Gasteiger partial charge in [-0.1, -0.05) is 78.9 Å². The predicted molar refractivity (Wildman–Crippen MR) is 137 cm³/mol. The maximum absolute atomic E-state index is 3.59. The first-order valence-corrected chi connectivity index (χ1v) is 11.1. The smallest absolute Gasteiger partial charge is 0.0396 e. The Bertz CT molecular complexity index is 1290. The summed E-state index contributed by atoms with van der Waals surface area (Å²) in [5.41, 5.74) is 7.10. The highest BCUT2D eigenvalue weighted by atomic mass is 127. The fraction of sp³-hybridized carbons (Fsp3) is 0. The summed E-state index contributed by atoms with van der Waals surface area (Å²) in [4.78, 5) is 0.